The van der Waals surface area contributed by atoms with Crippen LogP contribution in [0.1, 0.15) is 48.5 Å². The van der Waals surface area contributed by atoms with Crippen molar-refractivity contribution in [2.75, 3.05) is 13.7 Å². The summed E-state index contributed by atoms with van der Waals surface area (Å²) in [7, 11) is 1.47. The first-order valence-electron chi connectivity index (χ1n) is 8.78. The number of hydrogen-bond acceptors (Lipinski definition) is 4. The van der Waals surface area contributed by atoms with Gasteiger partial charge in [-0.3, -0.25) is 9.36 Å². The molecule has 0 aliphatic heterocycles. The number of fused-ring (bicyclic) bond motifs is 1. The Kier molecular flexibility index (Phi) is 5.41. The maximum absolute atomic E-state index is 12.4. The molecule has 8 heteroatoms. The van der Waals surface area contributed by atoms with Crippen LogP contribution >= 0.6 is 0 Å². The van der Waals surface area contributed by atoms with E-state index in [0.29, 0.717) is 11.1 Å². The van der Waals surface area contributed by atoms with E-state index in [9.17, 15) is 19.5 Å². The first-order valence-corrected chi connectivity index (χ1v) is 8.78. The minimum absolute atomic E-state index is 0.173. The van der Waals surface area contributed by atoms with Gasteiger partial charge in [0.05, 0.1) is 11.0 Å². The number of benzene rings is 1. The number of H-pyrrole nitrogens is 1. The van der Waals surface area contributed by atoms with E-state index in [1.807, 2.05) is 0 Å². The number of imidazole rings is 1. The normalized spacial score (nSPS) is 16.0. The minimum atomic E-state index is -1.11. The minimum Gasteiger partial charge on any atom is -0.480 e. The molecule has 0 spiro atoms. The number of carbonyl (C=O) groups is 2. The molecule has 0 radical (unpaired) electrons. The Labute approximate surface area is 150 Å². The smallest absolute Gasteiger partial charge is 0.326 e. The van der Waals surface area contributed by atoms with E-state index in [-0.39, 0.29) is 24.8 Å². The van der Waals surface area contributed by atoms with Gasteiger partial charge in [0.2, 0.25) is 0 Å². The molecule has 1 aromatic heterocycles. The Bertz CT molecular complexity index is 863. The Balaban J connectivity index is 1.83. The molecule has 0 bridgehead atoms. The number of carboxylic acids is 1. The summed E-state index contributed by atoms with van der Waals surface area (Å²) in [4.78, 5) is 38.8. The van der Waals surface area contributed by atoms with Crippen LogP contribution in [0, 0.1) is 0 Å². The zero-order valence-corrected chi connectivity index (χ0v) is 14.7. The van der Waals surface area contributed by atoms with Gasteiger partial charge in [0.25, 0.3) is 5.91 Å². The maximum Gasteiger partial charge on any atom is 0.326 e. The molecule has 1 aliphatic rings. The molecule has 1 heterocycles. The molecule has 1 atom stereocenters. The number of hydrogen-bond donors (Lipinski definition) is 3. The summed E-state index contributed by atoms with van der Waals surface area (Å²) in [6, 6.07) is 4.12. The predicted octanol–water partition coefficient (Wildman–Crippen LogP) is 1.66. The summed E-state index contributed by atoms with van der Waals surface area (Å²) in [5, 5.41) is 11.7. The third kappa shape index (κ3) is 3.65. The summed E-state index contributed by atoms with van der Waals surface area (Å²) in [6.07, 6.45) is 4.36. The number of methoxy groups -OCH3 is 1. The third-order valence-electron chi connectivity index (χ3n) is 4.88. The van der Waals surface area contributed by atoms with Crippen LogP contribution in [0.5, 0.6) is 0 Å². The van der Waals surface area contributed by atoms with Crippen molar-refractivity contribution in [3.8, 4) is 0 Å². The molecule has 26 heavy (non-hydrogen) atoms. The van der Waals surface area contributed by atoms with Gasteiger partial charge in [-0.1, -0.05) is 12.8 Å². The van der Waals surface area contributed by atoms with Crippen LogP contribution in [-0.4, -0.2) is 46.3 Å². The Morgan fingerprint density at radius 3 is 2.77 bits per heavy atom. The SMILES string of the molecule is COCCC(NC(=O)c1ccc2c(c1)[nH]c(=O)n2C1CCCC1)C(=O)O. The van der Waals surface area contributed by atoms with Gasteiger partial charge >= 0.3 is 11.7 Å². The Hall–Kier alpha value is -2.61. The monoisotopic (exact) mass is 361 g/mol. The van der Waals surface area contributed by atoms with Crippen molar-refractivity contribution >= 4 is 22.9 Å². The van der Waals surface area contributed by atoms with Gasteiger partial charge in [-0.05, 0) is 31.0 Å². The van der Waals surface area contributed by atoms with Gasteiger partial charge in [-0.25, -0.2) is 9.59 Å². The largest absolute Gasteiger partial charge is 0.480 e. The highest BCUT2D eigenvalue weighted by molar-refractivity contribution is 5.99. The van der Waals surface area contributed by atoms with Crippen LogP contribution in [0.15, 0.2) is 23.0 Å². The molecule has 1 aromatic carbocycles. The van der Waals surface area contributed by atoms with Crippen molar-refractivity contribution in [3.63, 3.8) is 0 Å². The number of aliphatic carboxylic acids is 1. The lowest BCUT2D eigenvalue weighted by atomic mass is 10.1. The second kappa shape index (κ2) is 7.74. The van der Waals surface area contributed by atoms with E-state index in [4.69, 9.17) is 4.74 Å². The van der Waals surface area contributed by atoms with Crippen molar-refractivity contribution in [1.29, 1.82) is 0 Å². The number of nitrogens with one attached hydrogen (secondary N) is 2. The van der Waals surface area contributed by atoms with Crippen LogP contribution in [0.4, 0.5) is 0 Å². The number of amides is 1. The molecule has 140 valence electrons. The zero-order valence-electron chi connectivity index (χ0n) is 14.7. The van der Waals surface area contributed by atoms with E-state index in [2.05, 4.69) is 10.3 Å². The fraction of sp³-hybridized carbons (Fsp3) is 0.500. The number of rotatable bonds is 7. The lowest BCUT2D eigenvalue weighted by Crippen LogP contribution is -2.41. The second-order valence-electron chi connectivity index (χ2n) is 6.62. The molecule has 1 unspecified atom stereocenters. The van der Waals surface area contributed by atoms with Crippen LogP contribution < -0.4 is 11.0 Å². The van der Waals surface area contributed by atoms with Crippen molar-refractivity contribution in [1.82, 2.24) is 14.9 Å². The molecule has 8 nitrogen and oxygen atoms in total. The predicted molar refractivity (Wildman–Crippen MR) is 95.4 cm³/mol. The first-order chi connectivity index (χ1) is 12.5. The number of carbonyl (C=O) groups excluding carboxylic acids is 1. The van der Waals surface area contributed by atoms with E-state index in [1.54, 1.807) is 22.8 Å². The van der Waals surface area contributed by atoms with Crippen LogP contribution in [-0.2, 0) is 9.53 Å². The summed E-state index contributed by atoms with van der Waals surface area (Å²) >= 11 is 0. The van der Waals surface area contributed by atoms with Gasteiger partial charge in [0, 0.05) is 31.7 Å². The topological polar surface area (TPSA) is 113 Å². The average Bonchev–Trinajstić information content (AvgIpc) is 3.23. The second-order valence-corrected chi connectivity index (χ2v) is 6.62. The number of aromatic amines is 1. The standard InChI is InChI=1S/C18H23N3O5/c1-26-9-8-13(17(23)24)19-16(22)11-6-7-15-14(10-11)20-18(25)21(15)12-4-2-3-5-12/h6-7,10,12-13H,2-5,8-9H2,1H3,(H,19,22)(H,20,25)(H,23,24). The molecular weight excluding hydrogens is 338 g/mol. The molecule has 0 saturated heterocycles. The van der Waals surface area contributed by atoms with Crippen molar-refractivity contribution in [2.45, 2.75) is 44.2 Å². The summed E-state index contributed by atoms with van der Waals surface area (Å²) < 4.78 is 6.64. The zero-order chi connectivity index (χ0) is 18.7. The lowest BCUT2D eigenvalue weighted by Gasteiger charge is -2.14. The third-order valence-corrected chi connectivity index (χ3v) is 4.88. The molecule has 3 rings (SSSR count). The maximum atomic E-state index is 12.4. The highest BCUT2D eigenvalue weighted by Crippen LogP contribution is 2.30. The van der Waals surface area contributed by atoms with E-state index >= 15 is 0 Å². The molecule has 1 aliphatic carbocycles. The lowest BCUT2D eigenvalue weighted by molar-refractivity contribution is -0.139. The first kappa shape index (κ1) is 18.2. The molecule has 3 N–H and O–H groups in total. The fourth-order valence-electron chi connectivity index (χ4n) is 3.53. The number of nitrogens with zero attached hydrogens (tertiary/aromatic N) is 1. The molecular formula is C18H23N3O5. The molecule has 1 fully saturated rings. The highest BCUT2D eigenvalue weighted by atomic mass is 16.5. The summed E-state index contributed by atoms with van der Waals surface area (Å²) in [6.45, 7) is 0.230. The van der Waals surface area contributed by atoms with Crippen LogP contribution in [0.2, 0.25) is 0 Å². The van der Waals surface area contributed by atoms with Crippen molar-refractivity contribution < 1.29 is 19.4 Å². The summed E-state index contributed by atoms with van der Waals surface area (Å²) in [5.41, 5.74) is 1.49. The molecule has 1 saturated carbocycles. The number of carboxylic acid groups (broad SMARTS) is 1. The van der Waals surface area contributed by atoms with E-state index < -0.39 is 17.9 Å². The van der Waals surface area contributed by atoms with Gasteiger partial charge in [-0.15, -0.1) is 0 Å². The fourth-order valence-corrected chi connectivity index (χ4v) is 3.53. The van der Waals surface area contributed by atoms with Crippen molar-refractivity contribution in [3.05, 3.63) is 34.2 Å². The van der Waals surface area contributed by atoms with Gasteiger partial charge in [-0.2, -0.15) is 0 Å². The Morgan fingerprint density at radius 1 is 1.38 bits per heavy atom. The van der Waals surface area contributed by atoms with Gasteiger partial charge in [0.15, 0.2) is 0 Å². The highest BCUT2D eigenvalue weighted by Gasteiger charge is 2.23. The number of aromatic nitrogens is 2. The quantitative estimate of drug-likeness (QED) is 0.694. The van der Waals surface area contributed by atoms with Gasteiger partial charge in [0.1, 0.15) is 6.04 Å². The molecule has 2 aromatic rings. The van der Waals surface area contributed by atoms with E-state index in [1.165, 1.54) is 7.11 Å². The summed E-state index contributed by atoms with van der Waals surface area (Å²) in [5.74, 6) is -1.61. The van der Waals surface area contributed by atoms with Crippen LogP contribution in [0.3, 0.4) is 0 Å². The number of ether oxygens (including phenoxy) is 1. The van der Waals surface area contributed by atoms with Gasteiger partial charge < -0.3 is 20.1 Å². The average molecular weight is 361 g/mol. The Morgan fingerprint density at radius 2 is 2.12 bits per heavy atom. The van der Waals surface area contributed by atoms with Crippen molar-refractivity contribution in [2.24, 2.45) is 0 Å². The van der Waals surface area contributed by atoms with E-state index in [0.717, 1.165) is 31.2 Å². The molecule has 1 amide bonds. The van der Waals surface area contributed by atoms with Crippen LogP contribution in [0.25, 0.3) is 11.0 Å².